The molecule has 0 spiro atoms. The maximum absolute atomic E-state index is 14.9. The van der Waals surface area contributed by atoms with Crippen LogP contribution in [0.4, 0.5) is 27.8 Å². The lowest BCUT2D eigenvalue weighted by molar-refractivity contribution is -0.137. The molecule has 4 rings (SSSR count). The van der Waals surface area contributed by atoms with E-state index in [0.29, 0.717) is 13.0 Å². The van der Waals surface area contributed by atoms with Crippen LogP contribution in [0.1, 0.15) is 35.7 Å². The van der Waals surface area contributed by atoms with E-state index in [9.17, 15) is 26.7 Å². The first-order valence-corrected chi connectivity index (χ1v) is 11.0. The van der Waals surface area contributed by atoms with Gasteiger partial charge in [-0.3, -0.25) is 4.79 Å². The number of nitrogens with zero attached hydrogens (tertiary/aromatic N) is 4. The number of hydrogen-bond acceptors (Lipinski definition) is 5. The minimum absolute atomic E-state index is 0.0114. The van der Waals surface area contributed by atoms with E-state index in [1.165, 1.54) is 29.4 Å². The van der Waals surface area contributed by atoms with Crippen molar-refractivity contribution in [1.29, 1.82) is 0 Å². The molecule has 1 amide bonds. The van der Waals surface area contributed by atoms with Crippen LogP contribution in [0.25, 0.3) is 11.4 Å². The molecular formula is C24H22F5N5O. The molecule has 2 aromatic heterocycles. The lowest BCUT2D eigenvalue weighted by Crippen LogP contribution is -2.51. The van der Waals surface area contributed by atoms with Gasteiger partial charge in [-0.05, 0) is 49.1 Å². The average molecular weight is 491 g/mol. The highest BCUT2D eigenvalue weighted by molar-refractivity contribution is 6.00. The SMILES string of the molecule is C[C@@H]1CCCN(C(=O)c2c(F)ccc(F)c2-c2ncccn2)C1CNc1ccc(C(F)(F)F)cn1. The Balaban J connectivity index is 1.61. The number of alkyl halides is 3. The van der Waals surface area contributed by atoms with E-state index in [2.05, 4.69) is 20.3 Å². The van der Waals surface area contributed by atoms with E-state index in [-0.39, 0.29) is 29.7 Å². The molecule has 0 aliphatic carbocycles. The largest absolute Gasteiger partial charge is 0.417 e. The Morgan fingerprint density at radius 1 is 1.09 bits per heavy atom. The Bertz CT molecular complexity index is 1190. The molecule has 1 aliphatic heterocycles. The van der Waals surface area contributed by atoms with Gasteiger partial charge in [0.05, 0.1) is 22.7 Å². The van der Waals surface area contributed by atoms with E-state index in [1.54, 1.807) is 0 Å². The van der Waals surface area contributed by atoms with Gasteiger partial charge in [-0.1, -0.05) is 6.92 Å². The molecule has 35 heavy (non-hydrogen) atoms. The third-order valence-electron chi connectivity index (χ3n) is 6.07. The molecule has 0 bridgehead atoms. The molecule has 184 valence electrons. The van der Waals surface area contributed by atoms with Crippen LogP contribution in [0.5, 0.6) is 0 Å². The number of carbonyl (C=O) groups is 1. The summed E-state index contributed by atoms with van der Waals surface area (Å²) in [5.74, 6) is -2.34. The Morgan fingerprint density at radius 2 is 1.80 bits per heavy atom. The van der Waals surface area contributed by atoms with Crippen LogP contribution in [-0.4, -0.2) is 44.9 Å². The number of hydrogen-bond donors (Lipinski definition) is 1. The molecule has 3 heterocycles. The summed E-state index contributed by atoms with van der Waals surface area (Å²) in [5, 5.41) is 2.97. The number of halogens is 5. The maximum Gasteiger partial charge on any atom is 0.417 e. The standard InChI is InChI=1S/C24H22F5N5O/c1-14-4-2-11-34(18(14)13-33-19-8-5-15(12-32-19)24(27,28)29)23(35)21-17(26)7-6-16(25)20(21)22-30-9-3-10-31-22/h3,5-10,12,14,18H,2,4,11,13H2,1H3,(H,32,33)/t14-,18?/m1/s1. The summed E-state index contributed by atoms with van der Waals surface area (Å²) >= 11 is 0. The van der Waals surface area contributed by atoms with Gasteiger partial charge >= 0.3 is 6.18 Å². The number of piperidine rings is 1. The van der Waals surface area contributed by atoms with E-state index in [1.807, 2.05) is 6.92 Å². The molecular weight excluding hydrogens is 469 g/mol. The Morgan fingerprint density at radius 3 is 2.46 bits per heavy atom. The summed E-state index contributed by atoms with van der Waals surface area (Å²) in [7, 11) is 0. The van der Waals surface area contributed by atoms with Crippen LogP contribution < -0.4 is 5.32 Å². The molecule has 0 radical (unpaired) electrons. The second-order valence-corrected chi connectivity index (χ2v) is 8.35. The van der Waals surface area contributed by atoms with Gasteiger partial charge in [0, 0.05) is 31.7 Å². The third-order valence-corrected chi connectivity index (χ3v) is 6.07. The van der Waals surface area contributed by atoms with Gasteiger partial charge in [0.25, 0.3) is 5.91 Å². The quantitative estimate of drug-likeness (QED) is 0.498. The highest BCUT2D eigenvalue weighted by Crippen LogP contribution is 2.32. The van der Waals surface area contributed by atoms with Crippen LogP contribution in [0, 0.1) is 17.6 Å². The molecule has 1 aromatic carbocycles. The zero-order valence-electron chi connectivity index (χ0n) is 18.7. The Hall–Kier alpha value is -3.63. The van der Waals surface area contributed by atoms with Crippen molar-refractivity contribution in [3.63, 3.8) is 0 Å². The smallest absolute Gasteiger partial charge is 0.368 e. The van der Waals surface area contributed by atoms with Crippen LogP contribution in [-0.2, 0) is 6.18 Å². The predicted octanol–water partition coefficient (Wildman–Crippen LogP) is 5.19. The van der Waals surface area contributed by atoms with Crippen molar-refractivity contribution in [2.75, 3.05) is 18.4 Å². The number of nitrogens with one attached hydrogen (secondary N) is 1. The van der Waals surface area contributed by atoms with Crippen molar-refractivity contribution in [3.05, 3.63) is 71.7 Å². The average Bonchev–Trinajstić information content (AvgIpc) is 2.84. The summed E-state index contributed by atoms with van der Waals surface area (Å²) in [6.07, 6.45) is 0.417. The molecule has 0 saturated carbocycles. The summed E-state index contributed by atoms with van der Waals surface area (Å²) in [5.41, 5.74) is -1.64. The molecule has 6 nitrogen and oxygen atoms in total. The number of benzene rings is 1. The van der Waals surface area contributed by atoms with E-state index in [0.717, 1.165) is 30.8 Å². The summed E-state index contributed by atoms with van der Waals surface area (Å²) in [6, 6.07) is 5.02. The van der Waals surface area contributed by atoms with Gasteiger partial charge in [-0.2, -0.15) is 13.2 Å². The van der Waals surface area contributed by atoms with E-state index >= 15 is 0 Å². The molecule has 2 atom stereocenters. The molecule has 3 aromatic rings. The third kappa shape index (κ3) is 5.23. The van der Waals surface area contributed by atoms with Gasteiger partial charge in [0.15, 0.2) is 5.82 Å². The number of anilines is 1. The van der Waals surface area contributed by atoms with Crippen molar-refractivity contribution in [2.24, 2.45) is 5.92 Å². The number of amides is 1. The zero-order chi connectivity index (χ0) is 25.2. The molecule has 1 N–H and O–H groups in total. The first-order chi connectivity index (χ1) is 16.7. The number of aromatic nitrogens is 3. The van der Waals surface area contributed by atoms with Crippen LogP contribution in [0.3, 0.4) is 0 Å². The fraction of sp³-hybridized carbons (Fsp3) is 0.333. The van der Waals surface area contributed by atoms with Crippen molar-refractivity contribution < 1.29 is 26.7 Å². The first-order valence-electron chi connectivity index (χ1n) is 11.0. The van der Waals surface area contributed by atoms with Crippen LogP contribution in [0.15, 0.2) is 48.9 Å². The van der Waals surface area contributed by atoms with Crippen molar-refractivity contribution in [3.8, 4) is 11.4 Å². The van der Waals surface area contributed by atoms with E-state index in [4.69, 9.17) is 0 Å². The zero-order valence-corrected chi connectivity index (χ0v) is 18.7. The fourth-order valence-electron chi connectivity index (χ4n) is 4.24. The van der Waals surface area contributed by atoms with Gasteiger partial charge in [-0.15, -0.1) is 0 Å². The Kier molecular flexibility index (Phi) is 6.95. The number of pyridine rings is 1. The summed E-state index contributed by atoms with van der Waals surface area (Å²) in [4.78, 5) is 26.8. The molecule has 1 saturated heterocycles. The van der Waals surface area contributed by atoms with Gasteiger partial charge < -0.3 is 10.2 Å². The maximum atomic E-state index is 14.9. The van der Waals surface area contributed by atoms with E-state index < -0.39 is 40.9 Å². The molecule has 1 unspecified atom stereocenters. The molecule has 1 aliphatic rings. The predicted molar refractivity (Wildman–Crippen MR) is 118 cm³/mol. The van der Waals surface area contributed by atoms with Crippen molar-refractivity contribution in [2.45, 2.75) is 32.0 Å². The van der Waals surface area contributed by atoms with Crippen LogP contribution >= 0.6 is 0 Å². The van der Waals surface area contributed by atoms with Crippen LogP contribution in [0.2, 0.25) is 0 Å². The second kappa shape index (κ2) is 9.93. The normalized spacial score (nSPS) is 18.4. The van der Waals surface area contributed by atoms with Gasteiger partial charge in [-0.25, -0.2) is 23.7 Å². The van der Waals surface area contributed by atoms with Crippen molar-refractivity contribution in [1.82, 2.24) is 19.9 Å². The number of likely N-dealkylation sites (tertiary alicyclic amines) is 1. The highest BCUT2D eigenvalue weighted by atomic mass is 19.4. The monoisotopic (exact) mass is 491 g/mol. The van der Waals surface area contributed by atoms with Gasteiger partial charge in [0.2, 0.25) is 0 Å². The van der Waals surface area contributed by atoms with Crippen molar-refractivity contribution >= 4 is 11.7 Å². The first kappa shape index (κ1) is 24.5. The Labute approximate surface area is 198 Å². The number of carbonyl (C=O) groups excluding carboxylic acids is 1. The molecule has 1 fully saturated rings. The lowest BCUT2D eigenvalue weighted by atomic mass is 9.89. The summed E-state index contributed by atoms with van der Waals surface area (Å²) < 4.78 is 68.1. The highest BCUT2D eigenvalue weighted by Gasteiger charge is 2.36. The minimum atomic E-state index is -4.50. The topological polar surface area (TPSA) is 71.0 Å². The molecule has 11 heteroatoms. The fourth-order valence-corrected chi connectivity index (χ4v) is 4.24. The second-order valence-electron chi connectivity index (χ2n) is 8.35. The summed E-state index contributed by atoms with van der Waals surface area (Å²) in [6.45, 7) is 2.40. The van der Waals surface area contributed by atoms with Gasteiger partial charge in [0.1, 0.15) is 17.5 Å². The minimum Gasteiger partial charge on any atom is -0.368 e. The lowest BCUT2D eigenvalue weighted by Gasteiger charge is -2.40. The number of rotatable bonds is 5.